The van der Waals surface area contributed by atoms with E-state index < -0.39 is 0 Å². The fourth-order valence-electron chi connectivity index (χ4n) is 2.05. The standard InChI is InChI=1S/C13H15NO2.HI/c1-4-11-10-8-12(15)13(16-3)7-9(10)5-6-14(11)2;/h5-8H,4H2,1-3H3;1H. The van der Waals surface area contributed by atoms with Crippen molar-refractivity contribution in [2.45, 2.75) is 13.3 Å². The molecule has 2 aromatic rings. The van der Waals surface area contributed by atoms with Gasteiger partial charge in [0.25, 0.3) is 0 Å². The average Bonchev–Trinajstić information content (AvgIpc) is 2.28. The van der Waals surface area contributed by atoms with Gasteiger partial charge in [-0.15, -0.1) is 0 Å². The maximum Gasteiger partial charge on any atom is 0.188 e. The van der Waals surface area contributed by atoms with Gasteiger partial charge in [0.1, 0.15) is 7.05 Å². The molecule has 0 atom stereocenters. The van der Waals surface area contributed by atoms with Gasteiger partial charge in [0, 0.05) is 12.5 Å². The van der Waals surface area contributed by atoms with E-state index in [0.717, 1.165) is 17.2 Å². The number of aryl methyl sites for hydroxylation is 2. The molecule has 1 N–H and O–H groups in total. The molecule has 0 aliphatic heterocycles. The van der Waals surface area contributed by atoms with E-state index in [0.29, 0.717) is 5.75 Å². The van der Waals surface area contributed by atoms with Crippen molar-refractivity contribution in [2.24, 2.45) is 7.05 Å². The van der Waals surface area contributed by atoms with E-state index in [4.69, 9.17) is 4.74 Å². The number of pyridine rings is 1. The summed E-state index contributed by atoms with van der Waals surface area (Å²) in [7, 11) is 3.57. The van der Waals surface area contributed by atoms with Gasteiger partial charge in [-0.1, -0.05) is 6.92 Å². The van der Waals surface area contributed by atoms with Gasteiger partial charge < -0.3 is 33.8 Å². The lowest BCUT2D eigenvalue weighted by Gasteiger charge is -2.07. The molecule has 0 saturated carbocycles. The van der Waals surface area contributed by atoms with Crippen molar-refractivity contribution < 1.29 is 38.4 Å². The molecule has 0 aliphatic carbocycles. The highest BCUT2D eigenvalue weighted by molar-refractivity contribution is 5.86. The summed E-state index contributed by atoms with van der Waals surface area (Å²) < 4.78 is 7.18. The van der Waals surface area contributed by atoms with E-state index in [2.05, 4.69) is 11.5 Å². The molecule has 92 valence electrons. The van der Waals surface area contributed by atoms with E-state index >= 15 is 0 Å². The highest BCUT2D eigenvalue weighted by atomic mass is 127. The molecule has 0 saturated heterocycles. The lowest BCUT2D eigenvalue weighted by Crippen LogP contribution is -3.00. The first kappa shape index (κ1) is 14.0. The van der Waals surface area contributed by atoms with E-state index in [9.17, 15) is 5.11 Å². The number of halogens is 1. The molecule has 3 nitrogen and oxygen atoms in total. The van der Waals surface area contributed by atoms with E-state index in [-0.39, 0.29) is 29.7 Å². The van der Waals surface area contributed by atoms with Gasteiger partial charge in [0.2, 0.25) is 0 Å². The quantitative estimate of drug-likeness (QED) is 0.557. The summed E-state index contributed by atoms with van der Waals surface area (Å²) in [6.45, 7) is 2.11. The number of hydrogen-bond donors (Lipinski definition) is 1. The van der Waals surface area contributed by atoms with Crippen LogP contribution in [0.1, 0.15) is 12.6 Å². The van der Waals surface area contributed by atoms with Crippen molar-refractivity contribution in [3.8, 4) is 11.5 Å². The number of fused-ring (bicyclic) bond motifs is 1. The Morgan fingerprint density at radius 3 is 2.65 bits per heavy atom. The van der Waals surface area contributed by atoms with Crippen LogP contribution in [-0.4, -0.2) is 12.2 Å². The molecule has 0 amide bonds. The maximum atomic E-state index is 9.79. The molecular weight excluding hydrogens is 329 g/mol. The number of benzene rings is 1. The van der Waals surface area contributed by atoms with E-state index in [1.54, 1.807) is 13.2 Å². The van der Waals surface area contributed by atoms with Crippen LogP contribution in [0.25, 0.3) is 10.8 Å². The lowest BCUT2D eigenvalue weighted by molar-refractivity contribution is -0.677. The van der Waals surface area contributed by atoms with Gasteiger partial charge in [0.15, 0.2) is 23.4 Å². The largest absolute Gasteiger partial charge is 1.00 e. The van der Waals surface area contributed by atoms with Crippen LogP contribution in [0, 0.1) is 0 Å². The SMILES string of the molecule is CCc1c2cc(O)c(OC)cc2cc[n+]1C.[I-]. The first-order valence-corrected chi connectivity index (χ1v) is 5.35. The monoisotopic (exact) mass is 345 g/mol. The molecule has 0 fully saturated rings. The molecule has 1 aromatic heterocycles. The van der Waals surface area contributed by atoms with Crippen LogP contribution in [-0.2, 0) is 13.5 Å². The van der Waals surface area contributed by atoms with Crippen LogP contribution < -0.4 is 33.3 Å². The average molecular weight is 345 g/mol. The zero-order chi connectivity index (χ0) is 11.7. The Bertz CT molecular complexity index is 540. The van der Waals surface area contributed by atoms with Gasteiger partial charge in [-0.25, -0.2) is 4.57 Å². The van der Waals surface area contributed by atoms with Gasteiger partial charge in [0.05, 0.1) is 12.5 Å². The number of phenols is 1. The zero-order valence-electron chi connectivity index (χ0n) is 10.2. The highest BCUT2D eigenvalue weighted by Gasteiger charge is 2.13. The summed E-state index contributed by atoms with van der Waals surface area (Å²) in [5, 5.41) is 11.9. The Morgan fingerprint density at radius 2 is 2.06 bits per heavy atom. The van der Waals surface area contributed by atoms with Gasteiger partial charge >= 0.3 is 0 Å². The zero-order valence-corrected chi connectivity index (χ0v) is 12.4. The Balaban J connectivity index is 0.00000144. The van der Waals surface area contributed by atoms with Crippen LogP contribution in [0.3, 0.4) is 0 Å². The van der Waals surface area contributed by atoms with Crippen molar-refractivity contribution in [1.29, 1.82) is 0 Å². The molecule has 17 heavy (non-hydrogen) atoms. The number of methoxy groups -OCH3 is 1. The molecule has 0 spiro atoms. The summed E-state index contributed by atoms with van der Waals surface area (Å²) in [6.07, 6.45) is 2.96. The predicted molar refractivity (Wildman–Crippen MR) is 62.7 cm³/mol. The summed E-state index contributed by atoms with van der Waals surface area (Å²) in [6, 6.07) is 5.66. The van der Waals surface area contributed by atoms with Gasteiger partial charge in [-0.2, -0.15) is 0 Å². The number of rotatable bonds is 2. The Labute approximate surface area is 118 Å². The third-order valence-corrected chi connectivity index (χ3v) is 2.90. The summed E-state index contributed by atoms with van der Waals surface area (Å²) in [4.78, 5) is 0. The number of aromatic nitrogens is 1. The maximum absolute atomic E-state index is 9.79. The second kappa shape index (κ2) is 5.53. The van der Waals surface area contributed by atoms with Crippen LogP contribution in [0.5, 0.6) is 11.5 Å². The van der Waals surface area contributed by atoms with Crippen molar-refractivity contribution in [3.63, 3.8) is 0 Å². The van der Waals surface area contributed by atoms with E-state index in [1.807, 2.05) is 25.4 Å². The van der Waals surface area contributed by atoms with Crippen LogP contribution in [0.4, 0.5) is 0 Å². The normalized spacial score (nSPS) is 10.1. The Morgan fingerprint density at radius 1 is 1.35 bits per heavy atom. The first-order valence-electron chi connectivity index (χ1n) is 5.35. The second-order valence-corrected chi connectivity index (χ2v) is 3.84. The molecular formula is C13H16INO2. The first-order chi connectivity index (χ1) is 7.67. The van der Waals surface area contributed by atoms with Crippen LogP contribution >= 0.6 is 0 Å². The minimum absolute atomic E-state index is 0. The lowest BCUT2D eigenvalue weighted by atomic mass is 10.1. The number of phenolic OH excluding ortho intramolecular Hbond substituents is 1. The minimum atomic E-state index is 0. The molecule has 0 radical (unpaired) electrons. The summed E-state index contributed by atoms with van der Waals surface area (Å²) in [5.74, 6) is 0.708. The molecule has 0 unspecified atom stereocenters. The third kappa shape index (κ3) is 2.46. The molecule has 1 aromatic carbocycles. The Kier molecular flexibility index (Phi) is 4.56. The van der Waals surface area contributed by atoms with Crippen LogP contribution in [0.2, 0.25) is 0 Å². The summed E-state index contributed by atoms with van der Waals surface area (Å²) >= 11 is 0. The molecule has 0 bridgehead atoms. The van der Waals surface area contributed by atoms with Crippen molar-refractivity contribution >= 4 is 10.8 Å². The Hall–Kier alpha value is -1.04. The second-order valence-electron chi connectivity index (χ2n) is 3.84. The molecule has 2 rings (SSSR count). The van der Waals surface area contributed by atoms with E-state index in [1.165, 1.54) is 5.69 Å². The van der Waals surface area contributed by atoms with Gasteiger partial charge in [-0.05, 0) is 17.5 Å². The predicted octanol–water partition coefficient (Wildman–Crippen LogP) is -1.06. The third-order valence-electron chi connectivity index (χ3n) is 2.90. The van der Waals surface area contributed by atoms with Crippen molar-refractivity contribution in [2.75, 3.05) is 7.11 Å². The topological polar surface area (TPSA) is 33.3 Å². The smallest absolute Gasteiger partial charge is 0.188 e. The number of nitrogens with zero attached hydrogens (tertiary/aromatic N) is 1. The number of aromatic hydroxyl groups is 1. The minimum Gasteiger partial charge on any atom is -1.00 e. The molecule has 4 heteroatoms. The molecule has 0 aliphatic rings. The van der Waals surface area contributed by atoms with Gasteiger partial charge in [-0.3, -0.25) is 0 Å². The number of ether oxygens (including phenoxy) is 1. The number of hydrogen-bond acceptors (Lipinski definition) is 2. The highest BCUT2D eigenvalue weighted by Crippen LogP contribution is 2.31. The molecule has 1 heterocycles. The van der Waals surface area contributed by atoms with Crippen LogP contribution in [0.15, 0.2) is 24.4 Å². The summed E-state index contributed by atoms with van der Waals surface area (Å²) in [5.41, 5.74) is 1.20. The van der Waals surface area contributed by atoms with Crippen molar-refractivity contribution in [1.82, 2.24) is 0 Å². The fraction of sp³-hybridized carbons (Fsp3) is 0.308. The fourth-order valence-corrected chi connectivity index (χ4v) is 2.05. The van der Waals surface area contributed by atoms with Crippen molar-refractivity contribution in [3.05, 3.63) is 30.1 Å².